The van der Waals surface area contributed by atoms with Crippen molar-refractivity contribution < 1.29 is 0 Å². The molecule has 0 fully saturated rings. The Morgan fingerprint density at radius 2 is 1.29 bits per heavy atom. The summed E-state index contributed by atoms with van der Waals surface area (Å²) in [5.74, 6) is 1.45. The Hall–Kier alpha value is -6.20. The molecule has 0 spiro atoms. The Labute approximate surface area is 284 Å². The van der Waals surface area contributed by atoms with Crippen LogP contribution in [0.25, 0.3) is 83.3 Å². The maximum absolute atomic E-state index is 5.40. The molecule has 4 heterocycles. The largest absolute Gasteiger partial charge is 0.277 e. The molecule has 0 aliphatic rings. The van der Waals surface area contributed by atoms with E-state index in [1.165, 1.54) is 22.3 Å². The minimum atomic E-state index is 0.661. The summed E-state index contributed by atoms with van der Waals surface area (Å²) in [6, 6.07) is 46.8. The standard InChI is InChI=1S/C44H33N5/c1-3-28-13-8-9-16-33(28)34-23-21-32(27-29(34)4-2)42-47-41-37(24-20-31-22-25-38(46-40(31)41)30-14-6-5-7-15-30)44(48-42)49-39-19-11-10-17-35(39)36-18-12-26-45-43(36)49/h5-27H,3-4H2,1-2H3. The van der Waals surface area contributed by atoms with Crippen molar-refractivity contribution in [2.45, 2.75) is 26.7 Å². The van der Waals surface area contributed by atoms with Gasteiger partial charge in [0.1, 0.15) is 11.2 Å². The van der Waals surface area contributed by atoms with Gasteiger partial charge in [-0.15, -0.1) is 0 Å². The molecule has 9 aromatic rings. The molecule has 49 heavy (non-hydrogen) atoms. The molecule has 9 rings (SSSR count). The summed E-state index contributed by atoms with van der Waals surface area (Å²) in [5.41, 5.74) is 11.7. The maximum Gasteiger partial charge on any atom is 0.162 e. The predicted molar refractivity (Wildman–Crippen MR) is 202 cm³/mol. The van der Waals surface area contributed by atoms with Gasteiger partial charge >= 0.3 is 0 Å². The lowest BCUT2D eigenvalue weighted by molar-refractivity contribution is 1.05. The monoisotopic (exact) mass is 631 g/mol. The van der Waals surface area contributed by atoms with Gasteiger partial charge in [-0.1, -0.05) is 111 Å². The van der Waals surface area contributed by atoms with Crippen LogP contribution >= 0.6 is 0 Å². The lowest BCUT2D eigenvalue weighted by Gasteiger charge is -2.16. The third kappa shape index (κ3) is 4.77. The first kappa shape index (κ1) is 29.0. The smallest absolute Gasteiger partial charge is 0.162 e. The van der Waals surface area contributed by atoms with Gasteiger partial charge in [-0.2, -0.15) is 0 Å². The summed E-state index contributed by atoms with van der Waals surface area (Å²) in [5, 5.41) is 4.18. The molecule has 0 aliphatic carbocycles. The average Bonchev–Trinajstić information content (AvgIpc) is 3.51. The number of hydrogen-bond donors (Lipinski definition) is 0. The highest BCUT2D eigenvalue weighted by Crippen LogP contribution is 2.37. The van der Waals surface area contributed by atoms with Crippen LogP contribution in [0, 0.1) is 0 Å². The quantitative estimate of drug-likeness (QED) is 0.171. The zero-order chi connectivity index (χ0) is 32.9. The Kier molecular flexibility index (Phi) is 6.98. The summed E-state index contributed by atoms with van der Waals surface area (Å²) in [6.07, 6.45) is 3.73. The SMILES string of the molecule is CCc1ccccc1-c1ccc(-c2nc(-n3c4ccccc4c4cccnc43)c3ccc4ccc(-c5ccccc5)nc4c3n2)cc1CC. The second-order valence-electron chi connectivity index (χ2n) is 12.4. The molecule has 234 valence electrons. The van der Waals surface area contributed by atoms with Crippen LogP contribution in [0.1, 0.15) is 25.0 Å². The molecule has 0 saturated carbocycles. The molecule has 0 amide bonds. The van der Waals surface area contributed by atoms with E-state index in [1.807, 2.05) is 30.5 Å². The molecule has 0 saturated heterocycles. The molecule has 0 radical (unpaired) electrons. The number of pyridine rings is 2. The average molecular weight is 632 g/mol. The van der Waals surface area contributed by atoms with E-state index in [0.29, 0.717) is 5.82 Å². The van der Waals surface area contributed by atoms with E-state index in [-0.39, 0.29) is 0 Å². The van der Waals surface area contributed by atoms with Crippen molar-refractivity contribution in [1.29, 1.82) is 0 Å². The predicted octanol–water partition coefficient (Wildman–Crippen LogP) is 10.8. The number of fused-ring (bicyclic) bond motifs is 6. The summed E-state index contributed by atoms with van der Waals surface area (Å²) >= 11 is 0. The number of aryl methyl sites for hydroxylation is 2. The molecule has 5 nitrogen and oxygen atoms in total. The molecule has 0 bridgehead atoms. The van der Waals surface area contributed by atoms with Crippen LogP contribution < -0.4 is 0 Å². The van der Waals surface area contributed by atoms with E-state index >= 15 is 0 Å². The van der Waals surface area contributed by atoms with E-state index < -0.39 is 0 Å². The lowest BCUT2D eigenvalue weighted by Crippen LogP contribution is -2.04. The van der Waals surface area contributed by atoms with E-state index in [4.69, 9.17) is 19.9 Å². The molecule has 0 unspecified atom stereocenters. The van der Waals surface area contributed by atoms with Gasteiger partial charge in [-0.3, -0.25) is 4.57 Å². The fraction of sp³-hybridized carbons (Fsp3) is 0.0909. The number of rotatable bonds is 6. The van der Waals surface area contributed by atoms with Crippen molar-refractivity contribution in [3.63, 3.8) is 0 Å². The normalized spacial score (nSPS) is 11.6. The number of para-hydroxylation sites is 1. The first-order valence-electron chi connectivity index (χ1n) is 16.9. The van der Waals surface area contributed by atoms with Crippen molar-refractivity contribution in [3.05, 3.63) is 151 Å². The van der Waals surface area contributed by atoms with Gasteiger partial charge in [-0.05, 0) is 71.5 Å². The molecule has 0 aliphatic heterocycles. The highest BCUT2D eigenvalue weighted by molar-refractivity contribution is 6.11. The van der Waals surface area contributed by atoms with E-state index in [1.54, 1.807) is 0 Å². The van der Waals surface area contributed by atoms with Crippen molar-refractivity contribution >= 4 is 43.7 Å². The molecule has 5 aromatic carbocycles. The van der Waals surface area contributed by atoms with E-state index in [0.717, 1.165) is 79.2 Å². The van der Waals surface area contributed by atoms with Crippen molar-refractivity contribution in [1.82, 2.24) is 24.5 Å². The number of aromatic nitrogens is 5. The third-order valence-corrected chi connectivity index (χ3v) is 9.65. The Balaban J connectivity index is 1.36. The van der Waals surface area contributed by atoms with Crippen LogP contribution in [0.15, 0.2) is 140 Å². The fourth-order valence-corrected chi connectivity index (χ4v) is 7.22. The minimum Gasteiger partial charge on any atom is -0.277 e. The molecule has 0 N–H and O–H groups in total. The Morgan fingerprint density at radius 1 is 0.531 bits per heavy atom. The van der Waals surface area contributed by atoms with Crippen LogP contribution in [-0.4, -0.2) is 24.5 Å². The van der Waals surface area contributed by atoms with Crippen LogP contribution in [0.5, 0.6) is 0 Å². The number of benzene rings is 5. The van der Waals surface area contributed by atoms with Gasteiger partial charge in [0, 0.05) is 38.9 Å². The van der Waals surface area contributed by atoms with Gasteiger partial charge in [0.2, 0.25) is 0 Å². The zero-order valence-corrected chi connectivity index (χ0v) is 27.4. The van der Waals surface area contributed by atoms with Crippen molar-refractivity contribution in [3.8, 4) is 39.6 Å². The summed E-state index contributed by atoms with van der Waals surface area (Å²) in [4.78, 5) is 20.9. The van der Waals surface area contributed by atoms with Gasteiger partial charge < -0.3 is 0 Å². The molecule has 4 aromatic heterocycles. The van der Waals surface area contributed by atoms with Crippen molar-refractivity contribution in [2.24, 2.45) is 0 Å². The number of nitrogens with zero attached hydrogens (tertiary/aromatic N) is 5. The molecule has 0 atom stereocenters. The molecular weight excluding hydrogens is 599 g/mol. The van der Waals surface area contributed by atoms with Gasteiger partial charge in [0.05, 0.1) is 16.7 Å². The van der Waals surface area contributed by atoms with Crippen LogP contribution in [0.2, 0.25) is 0 Å². The van der Waals surface area contributed by atoms with Crippen LogP contribution in [0.3, 0.4) is 0 Å². The maximum atomic E-state index is 5.40. The zero-order valence-electron chi connectivity index (χ0n) is 27.4. The highest BCUT2D eigenvalue weighted by atomic mass is 15.1. The highest BCUT2D eigenvalue weighted by Gasteiger charge is 2.21. The lowest BCUT2D eigenvalue weighted by atomic mass is 9.92. The molecular formula is C44H33N5. The topological polar surface area (TPSA) is 56.5 Å². The summed E-state index contributed by atoms with van der Waals surface area (Å²) in [7, 11) is 0. The van der Waals surface area contributed by atoms with Gasteiger partial charge in [0.15, 0.2) is 11.6 Å². The van der Waals surface area contributed by atoms with E-state index in [9.17, 15) is 0 Å². The first-order chi connectivity index (χ1) is 24.2. The molecule has 5 heteroatoms. The first-order valence-corrected chi connectivity index (χ1v) is 16.9. The second kappa shape index (κ2) is 11.8. The second-order valence-corrected chi connectivity index (χ2v) is 12.4. The van der Waals surface area contributed by atoms with Crippen molar-refractivity contribution in [2.75, 3.05) is 0 Å². The van der Waals surface area contributed by atoms with E-state index in [2.05, 4.69) is 128 Å². The third-order valence-electron chi connectivity index (χ3n) is 9.65. The van der Waals surface area contributed by atoms with Gasteiger partial charge in [-0.25, -0.2) is 19.9 Å². The number of hydrogen-bond acceptors (Lipinski definition) is 4. The Bertz CT molecular complexity index is 2640. The van der Waals surface area contributed by atoms with Gasteiger partial charge in [0.25, 0.3) is 0 Å². The van der Waals surface area contributed by atoms with Crippen LogP contribution in [-0.2, 0) is 12.8 Å². The Morgan fingerprint density at radius 3 is 2.16 bits per heavy atom. The minimum absolute atomic E-state index is 0.661. The fourth-order valence-electron chi connectivity index (χ4n) is 7.22. The van der Waals surface area contributed by atoms with Crippen LogP contribution in [0.4, 0.5) is 0 Å². The summed E-state index contributed by atoms with van der Waals surface area (Å²) < 4.78 is 2.19. The summed E-state index contributed by atoms with van der Waals surface area (Å²) in [6.45, 7) is 4.44.